The van der Waals surface area contributed by atoms with E-state index in [0.29, 0.717) is 23.4 Å². The summed E-state index contributed by atoms with van der Waals surface area (Å²) in [5, 5.41) is 11.9. The first-order valence-corrected chi connectivity index (χ1v) is 10.8. The van der Waals surface area contributed by atoms with Crippen LogP contribution < -0.4 is 0 Å². The molecule has 152 valence electrons. The minimum Gasteiger partial charge on any atom is -0.507 e. The van der Waals surface area contributed by atoms with E-state index in [1.165, 1.54) is 0 Å². The Labute approximate surface area is 177 Å². The van der Waals surface area contributed by atoms with E-state index in [1.807, 2.05) is 38.1 Å². The Bertz CT molecular complexity index is 994. The molecule has 4 heteroatoms. The predicted molar refractivity (Wildman–Crippen MR) is 117 cm³/mol. The van der Waals surface area contributed by atoms with Crippen molar-refractivity contribution < 1.29 is 14.6 Å². The van der Waals surface area contributed by atoms with Crippen molar-refractivity contribution in [1.82, 2.24) is 0 Å². The number of carbonyl (C=O) groups is 1. The molecule has 3 nitrogen and oxygen atoms in total. The third-order valence-corrected chi connectivity index (χ3v) is 6.68. The normalized spacial score (nSPS) is 18.8. The molecule has 0 unspecified atom stereocenters. The summed E-state index contributed by atoms with van der Waals surface area (Å²) < 4.78 is 5.87. The standard InChI is InChI=1S/C25H27ClO3/c1-15-14-16(2)21(17(3)20(15)18-8-10-19(26)11-9-18)22-23(27)25(29-24(22)28)12-6-4-5-7-13-25/h8-11,14,27H,4-7,12-13H2,1-3H3. The van der Waals surface area contributed by atoms with Gasteiger partial charge in [0.2, 0.25) is 0 Å². The zero-order valence-electron chi connectivity index (χ0n) is 17.3. The summed E-state index contributed by atoms with van der Waals surface area (Å²) in [4.78, 5) is 13.0. The Morgan fingerprint density at radius 3 is 2.14 bits per heavy atom. The quantitative estimate of drug-likeness (QED) is 0.550. The lowest BCUT2D eigenvalue weighted by Crippen LogP contribution is -2.31. The molecule has 0 radical (unpaired) electrons. The molecule has 1 fully saturated rings. The average molecular weight is 411 g/mol. The molecule has 2 aromatic carbocycles. The topological polar surface area (TPSA) is 46.5 Å². The summed E-state index contributed by atoms with van der Waals surface area (Å²) in [5.74, 6) is -0.275. The molecule has 0 saturated heterocycles. The van der Waals surface area contributed by atoms with E-state index in [9.17, 15) is 9.90 Å². The van der Waals surface area contributed by atoms with Crippen LogP contribution >= 0.6 is 11.6 Å². The molecule has 1 aliphatic heterocycles. The van der Waals surface area contributed by atoms with Crippen LogP contribution in [0.25, 0.3) is 16.7 Å². The van der Waals surface area contributed by atoms with Gasteiger partial charge >= 0.3 is 5.97 Å². The van der Waals surface area contributed by atoms with Crippen molar-refractivity contribution in [2.75, 3.05) is 0 Å². The number of esters is 1. The Morgan fingerprint density at radius 1 is 0.931 bits per heavy atom. The summed E-state index contributed by atoms with van der Waals surface area (Å²) in [7, 11) is 0. The largest absolute Gasteiger partial charge is 0.507 e. The molecule has 29 heavy (non-hydrogen) atoms. The Kier molecular flexibility index (Phi) is 5.20. The molecule has 0 atom stereocenters. The molecule has 1 N–H and O–H groups in total. The second-order valence-corrected chi connectivity index (χ2v) is 8.85. The van der Waals surface area contributed by atoms with Gasteiger partial charge < -0.3 is 9.84 Å². The van der Waals surface area contributed by atoms with E-state index in [1.54, 1.807) is 0 Å². The molecule has 1 spiro atoms. The van der Waals surface area contributed by atoms with Gasteiger partial charge in [0.05, 0.1) is 0 Å². The number of ether oxygens (including phenoxy) is 1. The van der Waals surface area contributed by atoms with Crippen molar-refractivity contribution in [2.24, 2.45) is 0 Å². The Morgan fingerprint density at radius 2 is 1.52 bits per heavy atom. The maximum atomic E-state index is 13.0. The van der Waals surface area contributed by atoms with Crippen molar-refractivity contribution in [1.29, 1.82) is 0 Å². The van der Waals surface area contributed by atoms with Gasteiger partial charge in [-0.2, -0.15) is 0 Å². The molecule has 0 amide bonds. The van der Waals surface area contributed by atoms with Crippen LogP contribution in [0.2, 0.25) is 5.02 Å². The first kappa shape index (κ1) is 20.0. The van der Waals surface area contributed by atoms with Crippen LogP contribution in [0.4, 0.5) is 0 Å². The minimum atomic E-state index is -0.840. The van der Waals surface area contributed by atoms with Gasteiger partial charge in [-0.1, -0.05) is 42.6 Å². The van der Waals surface area contributed by atoms with Crippen LogP contribution in [0, 0.1) is 20.8 Å². The van der Waals surface area contributed by atoms with Crippen LogP contribution in [-0.4, -0.2) is 16.7 Å². The summed E-state index contributed by atoms with van der Waals surface area (Å²) in [6.45, 7) is 6.08. The van der Waals surface area contributed by atoms with E-state index in [-0.39, 0.29) is 5.76 Å². The minimum absolute atomic E-state index is 0.126. The number of hydrogen-bond donors (Lipinski definition) is 1. The van der Waals surface area contributed by atoms with Gasteiger partial charge in [-0.15, -0.1) is 0 Å². The zero-order valence-corrected chi connectivity index (χ0v) is 18.0. The summed E-state index contributed by atoms with van der Waals surface area (Å²) >= 11 is 6.07. The first-order chi connectivity index (χ1) is 13.8. The molecule has 0 aromatic heterocycles. The van der Waals surface area contributed by atoms with Crippen LogP contribution in [0.15, 0.2) is 36.1 Å². The number of rotatable bonds is 2. The van der Waals surface area contributed by atoms with Crippen LogP contribution in [0.3, 0.4) is 0 Å². The Hall–Kier alpha value is -2.26. The van der Waals surface area contributed by atoms with E-state index in [2.05, 4.69) is 13.0 Å². The third-order valence-electron chi connectivity index (χ3n) is 6.43. The monoisotopic (exact) mass is 410 g/mol. The number of aryl methyl sites for hydroxylation is 2. The second-order valence-electron chi connectivity index (χ2n) is 8.41. The van der Waals surface area contributed by atoms with Gasteiger partial charge in [-0.3, -0.25) is 0 Å². The predicted octanol–water partition coefficient (Wildman–Crippen LogP) is 6.85. The molecule has 1 saturated carbocycles. The number of benzene rings is 2. The van der Waals surface area contributed by atoms with E-state index < -0.39 is 11.6 Å². The number of carbonyl (C=O) groups excluding carboxylic acids is 1. The summed E-state index contributed by atoms with van der Waals surface area (Å²) in [6, 6.07) is 9.81. The van der Waals surface area contributed by atoms with E-state index in [0.717, 1.165) is 59.1 Å². The van der Waals surface area contributed by atoms with Crippen molar-refractivity contribution in [3.63, 3.8) is 0 Å². The molecule has 1 heterocycles. The van der Waals surface area contributed by atoms with Gasteiger partial charge in [0, 0.05) is 5.02 Å². The molecular weight excluding hydrogens is 384 g/mol. The number of aliphatic hydroxyl groups excluding tert-OH is 1. The molecule has 0 bridgehead atoms. The molecular formula is C25H27ClO3. The lowest BCUT2D eigenvalue weighted by molar-refractivity contribution is -0.147. The van der Waals surface area contributed by atoms with Crippen molar-refractivity contribution in [3.05, 3.63) is 63.4 Å². The molecule has 2 aliphatic rings. The first-order valence-electron chi connectivity index (χ1n) is 10.4. The lowest BCUT2D eigenvalue weighted by atomic mass is 9.84. The van der Waals surface area contributed by atoms with E-state index >= 15 is 0 Å². The molecule has 4 rings (SSSR count). The van der Waals surface area contributed by atoms with Gasteiger partial charge in [0.15, 0.2) is 11.4 Å². The highest BCUT2D eigenvalue weighted by molar-refractivity contribution is 6.30. The SMILES string of the molecule is Cc1cc(C)c(-c2ccc(Cl)cc2)c(C)c1C1=C(O)C2(CCCCCC2)OC1=O. The maximum absolute atomic E-state index is 13.0. The Balaban J connectivity index is 1.90. The summed E-state index contributed by atoms with van der Waals surface area (Å²) in [6.07, 6.45) is 5.56. The van der Waals surface area contributed by atoms with Gasteiger partial charge in [0.25, 0.3) is 0 Å². The van der Waals surface area contributed by atoms with Crippen LogP contribution in [-0.2, 0) is 9.53 Å². The lowest BCUT2D eigenvalue weighted by Gasteiger charge is -2.26. The number of aliphatic hydroxyl groups is 1. The van der Waals surface area contributed by atoms with Crippen LogP contribution in [0.1, 0.15) is 60.8 Å². The smallest absolute Gasteiger partial charge is 0.343 e. The molecule has 2 aromatic rings. The number of hydrogen-bond acceptors (Lipinski definition) is 3. The van der Waals surface area contributed by atoms with Crippen molar-refractivity contribution in [3.8, 4) is 11.1 Å². The maximum Gasteiger partial charge on any atom is 0.343 e. The van der Waals surface area contributed by atoms with Gasteiger partial charge in [-0.05, 0) is 92.0 Å². The summed E-state index contributed by atoms with van der Waals surface area (Å²) in [5.41, 5.74) is 5.49. The highest BCUT2D eigenvalue weighted by Gasteiger charge is 2.49. The number of halogens is 1. The van der Waals surface area contributed by atoms with E-state index in [4.69, 9.17) is 16.3 Å². The fraction of sp³-hybridized carbons (Fsp3) is 0.400. The molecule has 1 aliphatic carbocycles. The average Bonchev–Trinajstić information content (AvgIpc) is 2.82. The highest BCUT2D eigenvalue weighted by atomic mass is 35.5. The zero-order chi connectivity index (χ0) is 20.8. The van der Waals surface area contributed by atoms with Crippen LogP contribution in [0.5, 0.6) is 0 Å². The van der Waals surface area contributed by atoms with Gasteiger partial charge in [-0.25, -0.2) is 4.79 Å². The second kappa shape index (κ2) is 7.53. The van der Waals surface area contributed by atoms with Gasteiger partial charge in [0.1, 0.15) is 5.57 Å². The van der Waals surface area contributed by atoms with Crippen molar-refractivity contribution >= 4 is 23.1 Å². The fourth-order valence-electron chi connectivity index (χ4n) is 5.09. The fourth-order valence-corrected chi connectivity index (χ4v) is 5.22. The van der Waals surface area contributed by atoms with Crippen molar-refractivity contribution in [2.45, 2.75) is 64.9 Å². The third kappa shape index (κ3) is 3.36. The highest BCUT2D eigenvalue weighted by Crippen LogP contribution is 2.47.